The third-order valence-corrected chi connectivity index (χ3v) is 5.69. The molecule has 33 heavy (non-hydrogen) atoms. The number of fused-ring (bicyclic) bond motifs is 1. The molecular weight excluding hydrogens is 458 g/mol. The molecule has 0 unspecified atom stereocenters. The first-order valence-electron chi connectivity index (χ1n) is 9.98. The van der Waals surface area contributed by atoms with E-state index in [0.717, 1.165) is 12.5 Å². The zero-order chi connectivity index (χ0) is 24.7. The van der Waals surface area contributed by atoms with Crippen LogP contribution in [0.2, 0.25) is 5.02 Å². The molecule has 2 aromatic carbocycles. The van der Waals surface area contributed by atoms with Gasteiger partial charge in [-0.15, -0.1) is 0 Å². The molecule has 0 atom stereocenters. The third kappa shape index (κ3) is 4.78. The van der Waals surface area contributed by atoms with E-state index in [-0.39, 0.29) is 36.5 Å². The zero-order valence-electron chi connectivity index (χ0n) is 17.9. The molecule has 0 amide bonds. The van der Waals surface area contributed by atoms with Crippen molar-refractivity contribution in [2.24, 2.45) is 0 Å². The molecule has 3 aromatic rings. The lowest BCUT2D eigenvalue weighted by atomic mass is 10.1. The Morgan fingerprint density at radius 2 is 1.52 bits per heavy atom. The van der Waals surface area contributed by atoms with Crippen molar-refractivity contribution in [2.75, 3.05) is 13.1 Å². The van der Waals surface area contributed by atoms with Crippen LogP contribution < -0.4 is 0 Å². The van der Waals surface area contributed by atoms with Gasteiger partial charge >= 0.3 is 0 Å². The largest absolute Gasteiger partial charge is 0.503 e. The minimum absolute atomic E-state index is 0.0581. The number of likely N-dealkylation sites (N-methyl/N-ethyl adjacent to an activating group) is 1. The predicted octanol–water partition coefficient (Wildman–Crippen LogP) is 0.764. The predicted molar refractivity (Wildman–Crippen MR) is 118 cm³/mol. The number of rotatable bonds is 8. The van der Waals surface area contributed by atoms with E-state index in [0.29, 0.717) is 5.02 Å². The molecule has 0 bridgehead atoms. The molecule has 0 saturated heterocycles. The first-order chi connectivity index (χ1) is 15.3. The second-order valence-corrected chi connectivity index (χ2v) is 8.41. The number of aromatic hydroxyl groups is 4. The Kier molecular flexibility index (Phi) is 6.67. The number of hydrogen-bond donors (Lipinski definition) is 8. The van der Waals surface area contributed by atoms with Crippen molar-refractivity contribution in [1.29, 1.82) is 0 Å². The first-order valence-corrected chi connectivity index (χ1v) is 10.4. The molecule has 1 aromatic heterocycles. The highest BCUT2D eigenvalue weighted by atomic mass is 35.5. The lowest BCUT2D eigenvalue weighted by Gasteiger charge is -2.36. The second kappa shape index (κ2) is 8.86. The number of nitrogens with zero attached hydrogens (tertiary/aromatic N) is 3. The summed E-state index contributed by atoms with van der Waals surface area (Å²) >= 11 is 5.94. The molecule has 11 nitrogen and oxygen atoms in total. The maximum absolute atomic E-state index is 10.5. The number of halogens is 1. The number of phenols is 4. The van der Waals surface area contributed by atoms with Gasteiger partial charge in [0.05, 0.1) is 13.1 Å². The van der Waals surface area contributed by atoms with Gasteiger partial charge in [0, 0.05) is 11.6 Å². The van der Waals surface area contributed by atoms with Crippen molar-refractivity contribution in [2.45, 2.75) is 38.5 Å². The molecule has 3 rings (SSSR count). The summed E-state index contributed by atoms with van der Waals surface area (Å²) in [4.78, 5) is 5.74. The van der Waals surface area contributed by atoms with Gasteiger partial charge in [-0.1, -0.05) is 30.7 Å². The van der Waals surface area contributed by atoms with Gasteiger partial charge < -0.3 is 45.4 Å². The van der Waals surface area contributed by atoms with Gasteiger partial charge in [-0.3, -0.25) is 4.90 Å². The number of aliphatic hydroxyl groups is 4. The molecule has 12 heteroatoms. The van der Waals surface area contributed by atoms with Crippen molar-refractivity contribution in [1.82, 2.24) is 14.5 Å². The van der Waals surface area contributed by atoms with E-state index in [9.17, 15) is 40.9 Å². The SMILES string of the molecule is CCN(Cc1nc2c(O)c(O)c(O)c(O)c2n1Cc1ccc(Cl)cc1)CC(O)(O)C(C)(O)O. The summed E-state index contributed by atoms with van der Waals surface area (Å²) in [5.74, 6) is -8.77. The Hall–Kier alpha value is -2.80. The standard InChI is InChI=1S/C21H26ClN3O8/c1-3-24(10-21(32,33)20(2,30)31)9-13-23-14-15(17(27)19(29)18(28)16(14)26)25(13)8-11-4-6-12(22)7-5-11/h4-7,26-33H,3,8-10H2,1-2H3. The first kappa shape index (κ1) is 24.8. The second-order valence-electron chi connectivity index (χ2n) is 7.97. The van der Waals surface area contributed by atoms with Gasteiger partial charge in [-0.05, 0) is 31.2 Å². The van der Waals surface area contributed by atoms with Crippen molar-refractivity contribution < 1.29 is 40.9 Å². The van der Waals surface area contributed by atoms with Gasteiger partial charge in [0.25, 0.3) is 0 Å². The molecule has 8 N–H and O–H groups in total. The number of hydrogen-bond acceptors (Lipinski definition) is 10. The maximum atomic E-state index is 10.5. The smallest absolute Gasteiger partial charge is 0.231 e. The minimum atomic E-state index is -2.88. The summed E-state index contributed by atoms with van der Waals surface area (Å²) in [7, 11) is 0. The zero-order valence-corrected chi connectivity index (χ0v) is 18.7. The average molecular weight is 484 g/mol. The van der Waals surface area contributed by atoms with Crippen LogP contribution in [0.5, 0.6) is 23.0 Å². The topological polar surface area (TPSA) is 183 Å². The quantitative estimate of drug-likeness (QED) is 0.129. The Balaban J connectivity index is 2.12. The van der Waals surface area contributed by atoms with Crippen LogP contribution in [0.4, 0.5) is 0 Å². The Labute approximate surface area is 193 Å². The highest BCUT2D eigenvalue weighted by Gasteiger charge is 2.44. The minimum Gasteiger partial charge on any atom is -0.503 e. The highest BCUT2D eigenvalue weighted by Crippen LogP contribution is 2.48. The van der Waals surface area contributed by atoms with Crippen LogP contribution in [-0.2, 0) is 13.1 Å². The molecule has 0 saturated carbocycles. The molecule has 0 aliphatic carbocycles. The van der Waals surface area contributed by atoms with E-state index >= 15 is 0 Å². The maximum Gasteiger partial charge on any atom is 0.231 e. The Morgan fingerprint density at radius 1 is 0.939 bits per heavy atom. The Morgan fingerprint density at radius 3 is 2.06 bits per heavy atom. The van der Waals surface area contributed by atoms with Crippen LogP contribution in [0, 0.1) is 0 Å². The molecular formula is C21H26ClN3O8. The summed E-state index contributed by atoms with van der Waals surface area (Å²) in [6, 6.07) is 6.76. The van der Waals surface area contributed by atoms with Crippen LogP contribution in [0.1, 0.15) is 25.2 Å². The summed E-state index contributed by atoms with van der Waals surface area (Å²) in [5, 5.41) is 80.8. The summed E-state index contributed by atoms with van der Waals surface area (Å²) in [5.41, 5.74) is 0.486. The Bertz CT molecular complexity index is 1160. The molecule has 0 radical (unpaired) electrons. The van der Waals surface area contributed by atoms with Crippen molar-refractivity contribution >= 4 is 22.6 Å². The van der Waals surface area contributed by atoms with Crippen LogP contribution in [-0.4, -0.2) is 80.0 Å². The summed E-state index contributed by atoms with van der Waals surface area (Å²) in [6.07, 6.45) is 0. The lowest BCUT2D eigenvalue weighted by Crippen LogP contribution is -2.58. The van der Waals surface area contributed by atoms with Crippen molar-refractivity contribution in [3.8, 4) is 23.0 Å². The van der Waals surface area contributed by atoms with E-state index in [1.807, 2.05) is 0 Å². The molecule has 1 heterocycles. The molecule has 180 valence electrons. The number of imidazole rings is 1. The fraction of sp³-hybridized carbons (Fsp3) is 0.381. The van der Waals surface area contributed by atoms with Crippen molar-refractivity contribution in [3.63, 3.8) is 0 Å². The van der Waals surface area contributed by atoms with E-state index in [1.54, 1.807) is 31.2 Å². The van der Waals surface area contributed by atoms with Gasteiger partial charge in [0.1, 0.15) is 16.9 Å². The lowest BCUT2D eigenvalue weighted by molar-refractivity contribution is -0.351. The normalized spacial score (nSPS) is 12.7. The highest BCUT2D eigenvalue weighted by molar-refractivity contribution is 6.30. The fourth-order valence-electron chi connectivity index (χ4n) is 3.36. The summed E-state index contributed by atoms with van der Waals surface area (Å²) < 4.78 is 1.48. The monoisotopic (exact) mass is 483 g/mol. The van der Waals surface area contributed by atoms with Gasteiger partial charge in [-0.2, -0.15) is 0 Å². The average Bonchev–Trinajstić information content (AvgIpc) is 3.08. The van der Waals surface area contributed by atoms with Gasteiger partial charge in [0.15, 0.2) is 11.5 Å². The number of phenolic OH excluding ortho intramolecular Hbond substituents is 4. The van der Waals surface area contributed by atoms with Crippen LogP contribution in [0.25, 0.3) is 11.0 Å². The van der Waals surface area contributed by atoms with E-state index in [1.165, 1.54) is 9.47 Å². The molecule has 0 fully saturated rings. The molecule has 0 aliphatic heterocycles. The summed E-state index contributed by atoms with van der Waals surface area (Å²) in [6.45, 7) is 2.21. The van der Waals surface area contributed by atoms with E-state index in [2.05, 4.69) is 4.98 Å². The van der Waals surface area contributed by atoms with Crippen LogP contribution in [0.15, 0.2) is 24.3 Å². The van der Waals surface area contributed by atoms with E-state index < -0.39 is 41.1 Å². The fourth-order valence-corrected chi connectivity index (χ4v) is 3.48. The third-order valence-electron chi connectivity index (χ3n) is 5.44. The number of aromatic nitrogens is 2. The number of benzene rings is 2. The van der Waals surface area contributed by atoms with Gasteiger partial charge in [-0.25, -0.2) is 4.98 Å². The van der Waals surface area contributed by atoms with Crippen LogP contribution >= 0.6 is 11.6 Å². The molecule has 0 spiro atoms. The van der Waals surface area contributed by atoms with Crippen LogP contribution in [0.3, 0.4) is 0 Å². The van der Waals surface area contributed by atoms with Crippen molar-refractivity contribution in [3.05, 3.63) is 40.7 Å². The van der Waals surface area contributed by atoms with E-state index in [4.69, 9.17) is 11.6 Å². The van der Waals surface area contributed by atoms with Gasteiger partial charge in [0.2, 0.25) is 23.1 Å². The molecule has 0 aliphatic rings.